The highest BCUT2D eigenvalue weighted by Crippen LogP contribution is 2.17. The summed E-state index contributed by atoms with van der Waals surface area (Å²) in [6, 6.07) is -4.35. The van der Waals surface area contributed by atoms with Crippen LogP contribution in [0.1, 0.15) is 252 Å². The molecule has 0 aromatic rings. The van der Waals surface area contributed by atoms with E-state index in [-0.39, 0.29) is 37.4 Å². The Morgan fingerprint density at radius 2 is 0.813 bits per heavy atom. The number of ether oxygens (including phenoxy) is 2. The largest absolute Gasteiger partial charge is 0.481 e. The van der Waals surface area contributed by atoms with Crippen LogP contribution in [0.15, 0.2) is 0 Å². The van der Waals surface area contributed by atoms with E-state index in [1.54, 1.807) is 0 Å². The third-order valence-corrected chi connectivity index (χ3v) is 14.1. The second kappa shape index (κ2) is 49.2. The van der Waals surface area contributed by atoms with Gasteiger partial charge < -0.3 is 46.1 Å². The normalized spacial score (nSPS) is 12.7. The minimum atomic E-state index is -1.63. The number of esters is 2. The van der Waals surface area contributed by atoms with Gasteiger partial charge in [0.2, 0.25) is 23.6 Å². The maximum absolute atomic E-state index is 13.6. The first-order valence-electron chi connectivity index (χ1n) is 28.9. The van der Waals surface area contributed by atoms with Crippen LogP contribution in [-0.2, 0) is 52.6 Å². The highest BCUT2D eigenvalue weighted by Gasteiger charge is 2.29. The Balaban J connectivity index is 5.60. The molecule has 0 bridgehead atoms. The van der Waals surface area contributed by atoms with Crippen LogP contribution in [0.2, 0.25) is 0 Å². The topological polar surface area (TPSA) is 281 Å². The van der Waals surface area contributed by atoms with Gasteiger partial charge in [0, 0.05) is 43.6 Å². The minimum Gasteiger partial charge on any atom is -0.481 e. The predicted octanol–water partition coefficient (Wildman–Crippen LogP) is 10.1. The summed E-state index contributed by atoms with van der Waals surface area (Å²) < 4.78 is 11.5. The van der Waals surface area contributed by atoms with E-state index >= 15 is 0 Å². The lowest BCUT2D eigenvalue weighted by molar-refractivity contribution is -0.157. The van der Waals surface area contributed by atoms with Gasteiger partial charge in [0.05, 0.1) is 6.54 Å². The number of hydrogen-bond donors (Lipinski definition) is 7. The fourth-order valence-corrected chi connectivity index (χ4v) is 9.40. The second-order valence-corrected chi connectivity index (χ2v) is 21.1. The molecular weight excluding hydrogens is 985 g/mol. The third kappa shape index (κ3) is 44.4. The average molecular weight is 1090 g/mol. The molecule has 0 saturated carbocycles. The molecule has 0 aliphatic rings. The average Bonchev–Trinajstić information content (AvgIpc) is 3.37. The summed E-state index contributed by atoms with van der Waals surface area (Å²) in [6.07, 6.45) is 30.4. The van der Waals surface area contributed by atoms with Crippen LogP contribution in [0.5, 0.6) is 0 Å². The summed E-state index contributed by atoms with van der Waals surface area (Å²) in [5, 5.41) is 37.3. The monoisotopic (exact) mass is 1080 g/mol. The van der Waals surface area contributed by atoms with E-state index in [4.69, 9.17) is 14.6 Å². The molecule has 0 radical (unpaired) electrons. The van der Waals surface area contributed by atoms with Gasteiger partial charge in [-0.15, -0.1) is 0 Å². The van der Waals surface area contributed by atoms with Crippen molar-refractivity contribution in [3.63, 3.8) is 0 Å². The Labute approximate surface area is 453 Å². The van der Waals surface area contributed by atoms with Gasteiger partial charge >= 0.3 is 29.8 Å². The molecule has 75 heavy (non-hydrogen) atoms. The van der Waals surface area contributed by atoms with Gasteiger partial charge in [-0.1, -0.05) is 188 Å². The molecule has 0 fully saturated rings. The standard InChI is InChI=1S/C56H100N4O14S/c1-4-7-10-12-14-16-18-20-22-24-26-28-31-34-52(67)73-41-44(74-53(68)35-32-29-27-25-23-21-19-17-15-13-11-8-5-2)42-75-43-47(59-48(61)33-30-9-6-3)54(69)57-40-49(62)58-45(36-38-50(63)64)55(70)60-46(56(71)72)37-39-51(65)66/h44-47H,4-43H2,1-3H3,(H,57,69)(H,58,62)(H,59,61)(H,60,70)(H,63,64)(H,65,66)(H,71,72)/t44-,45+,46+,47+/m1/s1. The Bertz CT molecular complexity index is 1590. The molecule has 434 valence electrons. The van der Waals surface area contributed by atoms with Crippen molar-refractivity contribution in [3.8, 4) is 0 Å². The summed E-state index contributed by atoms with van der Waals surface area (Å²) in [5.41, 5.74) is 0. The lowest BCUT2D eigenvalue weighted by Crippen LogP contribution is -2.54. The first-order valence-corrected chi connectivity index (χ1v) is 30.0. The van der Waals surface area contributed by atoms with Crippen molar-refractivity contribution in [1.82, 2.24) is 21.3 Å². The smallest absolute Gasteiger partial charge is 0.326 e. The van der Waals surface area contributed by atoms with Gasteiger partial charge in [-0.2, -0.15) is 11.8 Å². The van der Waals surface area contributed by atoms with Crippen molar-refractivity contribution in [1.29, 1.82) is 0 Å². The Kier molecular flexibility index (Phi) is 46.3. The van der Waals surface area contributed by atoms with Gasteiger partial charge in [-0.05, 0) is 32.1 Å². The highest BCUT2D eigenvalue weighted by molar-refractivity contribution is 7.99. The number of rotatable bonds is 53. The number of amides is 4. The van der Waals surface area contributed by atoms with Crippen LogP contribution in [0.4, 0.5) is 0 Å². The maximum atomic E-state index is 13.6. The molecule has 0 aromatic heterocycles. The number of hydrogen-bond acceptors (Lipinski definition) is 12. The molecule has 0 aromatic carbocycles. The third-order valence-electron chi connectivity index (χ3n) is 12.9. The van der Waals surface area contributed by atoms with Crippen molar-refractivity contribution in [2.45, 2.75) is 276 Å². The fourth-order valence-electron chi connectivity index (χ4n) is 8.37. The summed E-state index contributed by atoms with van der Waals surface area (Å²) >= 11 is 1.18. The van der Waals surface area contributed by atoms with E-state index in [1.165, 1.54) is 127 Å². The van der Waals surface area contributed by atoms with Crippen LogP contribution < -0.4 is 21.3 Å². The van der Waals surface area contributed by atoms with Crippen molar-refractivity contribution >= 4 is 65.2 Å². The molecule has 0 aliphatic heterocycles. The molecular formula is C56H100N4O14S. The Morgan fingerprint density at radius 1 is 0.413 bits per heavy atom. The van der Waals surface area contributed by atoms with Crippen LogP contribution in [-0.4, -0.2) is 118 Å². The predicted molar refractivity (Wildman–Crippen MR) is 293 cm³/mol. The SMILES string of the molecule is CCCCCCCCCCCCCCCC(=O)OC[C@H](CSC[C@H](NC(=O)CCCCC)C(=O)NCC(=O)N[C@@H](CCC(=O)O)C(=O)N[C@@H](CCC(=O)O)C(=O)O)OC(=O)CCCCCCCCCCCCCCC. The first-order chi connectivity index (χ1) is 36.1. The fraction of sp³-hybridized carbons (Fsp3) is 0.839. The van der Waals surface area contributed by atoms with Crippen LogP contribution >= 0.6 is 11.8 Å². The highest BCUT2D eigenvalue weighted by atomic mass is 32.2. The van der Waals surface area contributed by atoms with Gasteiger partial charge in [-0.3, -0.25) is 38.4 Å². The van der Waals surface area contributed by atoms with Gasteiger partial charge in [0.1, 0.15) is 30.8 Å². The van der Waals surface area contributed by atoms with Crippen molar-refractivity contribution < 1.29 is 67.9 Å². The van der Waals surface area contributed by atoms with Gasteiger partial charge in [0.15, 0.2) is 0 Å². The van der Waals surface area contributed by atoms with Crippen molar-refractivity contribution in [2.24, 2.45) is 0 Å². The number of carboxylic acid groups (broad SMARTS) is 3. The van der Waals surface area contributed by atoms with Gasteiger partial charge in [0.25, 0.3) is 0 Å². The molecule has 7 N–H and O–H groups in total. The summed E-state index contributed by atoms with van der Waals surface area (Å²) in [6.45, 7) is 5.55. The summed E-state index contributed by atoms with van der Waals surface area (Å²) in [5.74, 6) is -8.00. The molecule has 4 amide bonds. The minimum absolute atomic E-state index is 0.0245. The quantitative estimate of drug-likeness (QED) is 0.0220. The second-order valence-electron chi connectivity index (χ2n) is 20.0. The Hall–Kier alpha value is -4.42. The first kappa shape index (κ1) is 70.6. The zero-order valence-corrected chi connectivity index (χ0v) is 47.2. The van der Waals surface area contributed by atoms with Crippen LogP contribution in [0, 0.1) is 0 Å². The number of aliphatic carboxylic acids is 3. The van der Waals surface area contributed by atoms with E-state index in [1.807, 2.05) is 6.92 Å². The molecule has 0 rings (SSSR count). The summed E-state index contributed by atoms with van der Waals surface area (Å²) in [4.78, 5) is 113. The number of carbonyl (C=O) groups excluding carboxylic acids is 6. The zero-order valence-electron chi connectivity index (χ0n) is 46.3. The Morgan fingerprint density at radius 3 is 1.27 bits per heavy atom. The molecule has 0 heterocycles. The van der Waals surface area contributed by atoms with E-state index in [9.17, 15) is 53.4 Å². The van der Waals surface area contributed by atoms with E-state index in [2.05, 4.69) is 35.1 Å². The molecule has 0 saturated heterocycles. The number of unbranched alkanes of at least 4 members (excludes halogenated alkanes) is 26. The number of carboxylic acids is 3. The van der Waals surface area contributed by atoms with E-state index in [0.717, 1.165) is 51.4 Å². The molecule has 18 nitrogen and oxygen atoms in total. The van der Waals surface area contributed by atoms with E-state index < -0.39 is 110 Å². The maximum Gasteiger partial charge on any atom is 0.326 e. The molecule has 0 aliphatic carbocycles. The molecule has 19 heteroatoms. The zero-order chi connectivity index (χ0) is 55.7. The van der Waals surface area contributed by atoms with Crippen LogP contribution in [0.25, 0.3) is 0 Å². The molecule has 0 spiro atoms. The van der Waals surface area contributed by atoms with E-state index in [0.29, 0.717) is 19.3 Å². The number of nitrogens with one attached hydrogen (secondary N) is 4. The van der Waals surface area contributed by atoms with Crippen LogP contribution in [0.3, 0.4) is 0 Å². The lowest BCUT2D eigenvalue weighted by atomic mass is 10.0. The van der Waals surface area contributed by atoms with Crippen molar-refractivity contribution in [2.75, 3.05) is 24.7 Å². The van der Waals surface area contributed by atoms with Crippen molar-refractivity contribution in [3.05, 3.63) is 0 Å². The lowest BCUT2D eigenvalue weighted by Gasteiger charge is -2.22. The van der Waals surface area contributed by atoms with Gasteiger partial charge in [-0.25, -0.2) is 4.79 Å². The number of carbonyl (C=O) groups is 9. The summed E-state index contributed by atoms with van der Waals surface area (Å²) in [7, 11) is 0. The number of thioether (sulfide) groups is 1. The molecule has 4 atom stereocenters. The molecule has 0 unspecified atom stereocenters.